The third kappa shape index (κ3) is 2.94. The van der Waals surface area contributed by atoms with Crippen molar-refractivity contribution in [3.8, 4) is 17.9 Å². The van der Waals surface area contributed by atoms with E-state index in [0.717, 1.165) is 0 Å². The van der Waals surface area contributed by atoms with Crippen molar-refractivity contribution in [2.45, 2.75) is 0 Å². The van der Waals surface area contributed by atoms with Gasteiger partial charge >= 0.3 is 0 Å². The summed E-state index contributed by atoms with van der Waals surface area (Å²) in [5, 5.41) is 30.0. The largest absolute Gasteiger partial charge is 0.508 e. The van der Waals surface area contributed by atoms with Gasteiger partial charge in [-0.05, 0) is 30.5 Å². The first-order chi connectivity index (χ1) is 7.71. The van der Waals surface area contributed by atoms with Crippen molar-refractivity contribution in [2.24, 2.45) is 0 Å². The molecule has 0 aliphatic carbocycles. The number of nitriles is 2. The minimum Gasteiger partial charge on any atom is -0.508 e. The van der Waals surface area contributed by atoms with Gasteiger partial charge in [0.15, 0.2) is 5.57 Å². The molecule has 16 heavy (non-hydrogen) atoms. The van der Waals surface area contributed by atoms with Crippen LogP contribution in [0.5, 0.6) is 5.75 Å². The molecule has 2 N–H and O–H groups in total. The Morgan fingerprint density at radius 2 is 1.81 bits per heavy atom. The highest BCUT2D eigenvalue weighted by molar-refractivity contribution is 8.02. The summed E-state index contributed by atoms with van der Waals surface area (Å²) >= 11 is 1.29. The van der Waals surface area contributed by atoms with Crippen molar-refractivity contribution in [3.63, 3.8) is 0 Å². The summed E-state index contributed by atoms with van der Waals surface area (Å²) in [6, 6.07) is 10.0. The van der Waals surface area contributed by atoms with Crippen LogP contribution in [0.15, 0.2) is 34.9 Å². The highest BCUT2D eigenvalue weighted by Crippen LogP contribution is 2.21. The summed E-state index contributed by atoms with van der Waals surface area (Å²) < 4.78 is 0. The Kier molecular flexibility index (Phi) is 4.26. The van der Waals surface area contributed by atoms with Crippen LogP contribution < -0.4 is 5.32 Å². The molecule has 4 nitrogen and oxygen atoms in total. The minimum atomic E-state index is 0.0422. The molecule has 80 valence electrons. The number of benzene rings is 1. The first kappa shape index (κ1) is 12.0. The average molecular weight is 231 g/mol. The Hall–Kier alpha value is -2.11. The summed E-state index contributed by atoms with van der Waals surface area (Å²) in [5.41, 5.74) is 0.755. The molecule has 0 saturated heterocycles. The maximum Gasteiger partial charge on any atom is 0.159 e. The van der Waals surface area contributed by atoms with E-state index in [1.807, 2.05) is 12.1 Å². The first-order valence-corrected chi connectivity index (χ1v) is 5.58. The predicted octanol–water partition coefficient (Wildman–Crippen LogP) is 2.43. The van der Waals surface area contributed by atoms with Gasteiger partial charge < -0.3 is 10.4 Å². The molecule has 0 aliphatic rings. The van der Waals surface area contributed by atoms with E-state index >= 15 is 0 Å². The highest BCUT2D eigenvalue weighted by atomic mass is 32.2. The van der Waals surface area contributed by atoms with E-state index < -0.39 is 0 Å². The molecule has 0 spiro atoms. The van der Waals surface area contributed by atoms with Crippen LogP contribution in [0, 0.1) is 22.7 Å². The molecule has 0 heterocycles. The molecule has 0 radical (unpaired) electrons. The number of allylic oxidation sites excluding steroid dienone is 1. The summed E-state index contributed by atoms with van der Waals surface area (Å²) in [4.78, 5) is 0. The van der Waals surface area contributed by atoms with Crippen LogP contribution >= 0.6 is 11.8 Å². The molecule has 0 atom stereocenters. The van der Waals surface area contributed by atoms with E-state index in [9.17, 15) is 0 Å². The first-order valence-electron chi connectivity index (χ1n) is 4.35. The molecular formula is C11H9N3OS. The smallest absolute Gasteiger partial charge is 0.159 e. The number of thioether (sulfide) groups is 1. The van der Waals surface area contributed by atoms with Gasteiger partial charge in [-0.1, -0.05) is 0 Å². The summed E-state index contributed by atoms with van der Waals surface area (Å²) in [6.45, 7) is 0. The molecular weight excluding hydrogens is 222 g/mol. The van der Waals surface area contributed by atoms with Gasteiger partial charge in [-0.3, -0.25) is 0 Å². The number of hydrogen-bond acceptors (Lipinski definition) is 5. The number of phenolic OH excluding ortho intramolecular Hbond substituents is 1. The number of hydrogen-bond donors (Lipinski definition) is 2. The fourth-order valence-electron chi connectivity index (χ4n) is 1.02. The van der Waals surface area contributed by atoms with Crippen LogP contribution in [0.25, 0.3) is 0 Å². The molecule has 0 aliphatic heterocycles. The summed E-state index contributed by atoms with van der Waals surface area (Å²) in [7, 11) is 0. The van der Waals surface area contributed by atoms with Crippen molar-refractivity contribution in [2.75, 3.05) is 11.6 Å². The summed E-state index contributed by atoms with van der Waals surface area (Å²) in [6.07, 6.45) is 1.78. The van der Waals surface area contributed by atoms with Gasteiger partial charge in [0.25, 0.3) is 0 Å². The third-order valence-electron chi connectivity index (χ3n) is 1.78. The van der Waals surface area contributed by atoms with Gasteiger partial charge in [0, 0.05) is 5.69 Å². The van der Waals surface area contributed by atoms with E-state index in [4.69, 9.17) is 15.6 Å². The van der Waals surface area contributed by atoms with Crippen LogP contribution in [-0.2, 0) is 0 Å². The van der Waals surface area contributed by atoms with Gasteiger partial charge in [0.05, 0.1) is 0 Å². The zero-order valence-corrected chi connectivity index (χ0v) is 9.38. The number of rotatable bonds is 3. The van der Waals surface area contributed by atoms with Crippen molar-refractivity contribution in [1.82, 2.24) is 0 Å². The van der Waals surface area contributed by atoms with E-state index in [1.165, 1.54) is 23.9 Å². The Balaban J connectivity index is 2.96. The standard InChI is InChI=1S/C11H9N3OS/c1-16-11(8(6-12)7-13)14-9-2-4-10(15)5-3-9/h2-5,14-15H,1H3. The number of nitrogens with one attached hydrogen (secondary N) is 1. The molecule has 0 amide bonds. The molecule has 5 heteroatoms. The van der Waals surface area contributed by atoms with E-state index in [2.05, 4.69) is 5.32 Å². The second kappa shape index (κ2) is 5.69. The Morgan fingerprint density at radius 3 is 2.25 bits per heavy atom. The van der Waals surface area contributed by atoms with Crippen LogP contribution in [0.2, 0.25) is 0 Å². The number of anilines is 1. The lowest BCUT2D eigenvalue weighted by Crippen LogP contribution is -1.98. The second-order valence-corrected chi connectivity index (χ2v) is 3.62. The van der Waals surface area contributed by atoms with Gasteiger partial charge in [-0.15, -0.1) is 11.8 Å². The zero-order valence-electron chi connectivity index (χ0n) is 8.56. The highest BCUT2D eigenvalue weighted by Gasteiger charge is 2.05. The van der Waals surface area contributed by atoms with Crippen LogP contribution in [-0.4, -0.2) is 11.4 Å². The number of phenols is 1. The Labute approximate surface area is 97.8 Å². The van der Waals surface area contributed by atoms with Crippen molar-refractivity contribution in [3.05, 3.63) is 34.9 Å². The molecule has 0 saturated carbocycles. The molecule has 1 aromatic carbocycles. The van der Waals surface area contributed by atoms with Crippen LogP contribution in [0.4, 0.5) is 5.69 Å². The third-order valence-corrected chi connectivity index (χ3v) is 2.49. The van der Waals surface area contributed by atoms with Gasteiger partial charge in [0.1, 0.15) is 22.9 Å². The normalized spacial score (nSPS) is 8.69. The fourth-order valence-corrected chi connectivity index (χ4v) is 1.53. The average Bonchev–Trinajstić information content (AvgIpc) is 2.32. The SMILES string of the molecule is CSC(Nc1ccc(O)cc1)=C(C#N)C#N. The predicted molar refractivity (Wildman–Crippen MR) is 63.5 cm³/mol. The topological polar surface area (TPSA) is 79.8 Å². The van der Waals surface area contributed by atoms with Gasteiger partial charge in [-0.2, -0.15) is 10.5 Å². The lowest BCUT2D eigenvalue weighted by Gasteiger charge is -2.08. The van der Waals surface area contributed by atoms with Crippen molar-refractivity contribution in [1.29, 1.82) is 10.5 Å². The molecule has 0 unspecified atom stereocenters. The molecule has 0 fully saturated rings. The molecule has 0 aromatic heterocycles. The number of aromatic hydroxyl groups is 1. The van der Waals surface area contributed by atoms with Crippen LogP contribution in [0.3, 0.4) is 0 Å². The fraction of sp³-hybridized carbons (Fsp3) is 0.0909. The van der Waals surface area contributed by atoms with E-state index in [-0.39, 0.29) is 11.3 Å². The molecule has 0 bridgehead atoms. The molecule has 1 rings (SSSR count). The Bertz CT molecular complexity index is 463. The van der Waals surface area contributed by atoms with Gasteiger partial charge in [0.2, 0.25) is 0 Å². The second-order valence-electron chi connectivity index (χ2n) is 2.80. The van der Waals surface area contributed by atoms with Gasteiger partial charge in [-0.25, -0.2) is 0 Å². The number of nitrogens with zero attached hydrogens (tertiary/aromatic N) is 2. The van der Waals surface area contributed by atoms with Crippen LogP contribution in [0.1, 0.15) is 0 Å². The summed E-state index contributed by atoms with van der Waals surface area (Å²) in [5.74, 6) is 0.168. The van der Waals surface area contributed by atoms with Crippen molar-refractivity contribution < 1.29 is 5.11 Å². The quantitative estimate of drug-likeness (QED) is 0.617. The Morgan fingerprint density at radius 1 is 1.25 bits per heavy atom. The van der Waals surface area contributed by atoms with E-state index in [1.54, 1.807) is 18.4 Å². The maximum atomic E-state index is 9.10. The minimum absolute atomic E-state index is 0.0422. The van der Waals surface area contributed by atoms with E-state index in [0.29, 0.717) is 10.7 Å². The lowest BCUT2D eigenvalue weighted by molar-refractivity contribution is 0.475. The zero-order chi connectivity index (χ0) is 12.0. The molecule has 1 aromatic rings. The monoisotopic (exact) mass is 231 g/mol. The maximum absolute atomic E-state index is 9.10. The lowest BCUT2D eigenvalue weighted by atomic mass is 10.3. The van der Waals surface area contributed by atoms with Crippen molar-refractivity contribution >= 4 is 17.4 Å².